The monoisotopic (exact) mass is 260 g/mol. The minimum atomic E-state index is -0.154. The molecule has 0 aliphatic carbocycles. The van der Waals surface area contributed by atoms with E-state index in [1.165, 1.54) is 20.4 Å². The molecule has 1 aromatic heterocycles. The van der Waals surface area contributed by atoms with Crippen molar-refractivity contribution in [2.45, 2.75) is 0 Å². The van der Waals surface area contributed by atoms with Crippen molar-refractivity contribution < 1.29 is 14.3 Å². The first-order valence-corrected chi connectivity index (χ1v) is 4.89. The van der Waals surface area contributed by atoms with Gasteiger partial charge in [0.25, 0.3) is 11.8 Å². The van der Waals surface area contributed by atoms with Crippen LogP contribution < -0.4 is 9.47 Å². The molecule has 0 aliphatic rings. The molecule has 6 heteroatoms. The number of ether oxygens (including phenoxy) is 2. The second-order valence-electron chi connectivity index (χ2n) is 2.33. The molecule has 1 heterocycles. The predicted molar refractivity (Wildman–Crippen MR) is 53.3 cm³/mol. The molecule has 0 N–H and O–H groups in total. The van der Waals surface area contributed by atoms with E-state index in [1.54, 1.807) is 0 Å². The highest BCUT2D eigenvalue weighted by Crippen LogP contribution is 2.20. The van der Waals surface area contributed by atoms with E-state index in [2.05, 4.69) is 25.9 Å². The van der Waals surface area contributed by atoms with Gasteiger partial charge in [-0.05, 0) is 0 Å². The second-order valence-corrected chi connectivity index (χ2v) is 2.89. The molecule has 0 aromatic carbocycles. The summed E-state index contributed by atoms with van der Waals surface area (Å²) in [4.78, 5) is 19.1. The van der Waals surface area contributed by atoms with Gasteiger partial charge in [0, 0.05) is 0 Å². The zero-order valence-electron chi connectivity index (χ0n) is 7.78. The lowest BCUT2D eigenvalue weighted by Gasteiger charge is -2.05. The third-order valence-corrected chi connectivity index (χ3v) is 2.01. The fourth-order valence-electron chi connectivity index (χ4n) is 0.837. The van der Waals surface area contributed by atoms with Gasteiger partial charge in [0.05, 0.1) is 25.7 Å². The Hall–Kier alpha value is -1.17. The molecule has 0 fully saturated rings. The molecule has 0 atom stereocenters. The Balaban J connectivity index is 3.07. The summed E-state index contributed by atoms with van der Waals surface area (Å²) in [6.45, 7) is 0. The molecular weight excluding hydrogens is 252 g/mol. The summed E-state index contributed by atoms with van der Waals surface area (Å²) < 4.78 is 9.79. The van der Waals surface area contributed by atoms with Crippen molar-refractivity contribution in [3.8, 4) is 11.8 Å². The fourth-order valence-corrected chi connectivity index (χ4v) is 1.12. The second kappa shape index (κ2) is 4.90. The van der Waals surface area contributed by atoms with E-state index in [0.717, 1.165) is 0 Å². The van der Waals surface area contributed by atoms with Crippen molar-refractivity contribution in [3.05, 3.63) is 11.9 Å². The van der Waals surface area contributed by atoms with Crippen molar-refractivity contribution in [2.75, 3.05) is 19.5 Å². The Morgan fingerprint density at radius 3 is 2.57 bits per heavy atom. The van der Waals surface area contributed by atoms with E-state index in [4.69, 9.17) is 9.47 Å². The molecule has 1 rings (SSSR count). The topological polar surface area (TPSA) is 61.3 Å². The summed E-state index contributed by atoms with van der Waals surface area (Å²) in [6, 6.07) is 0. The molecule has 0 amide bonds. The maximum Gasteiger partial charge on any atom is 0.278 e. The van der Waals surface area contributed by atoms with E-state index < -0.39 is 0 Å². The van der Waals surface area contributed by atoms with E-state index in [0.29, 0.717) is 0 Å². The third kappa shape index (κ3) is 2.20. The Kier molecular flexibility index (Phi) is 3.82. The van der Waals surface area contributed by atoms with Crippen LogP contribution >= 0.6 is 15.9 Å². The Morgan fingerprint density at radius 2 is 2.07 bits per heavy atom. The van der Waals surface area contributed by atoms with E-state index in [-0.39, 0.29) is 28.6 Å². The van der Waals surface area contributed by atoms with E-state index in [9.17, 15) is 4.79 Å². The average molecular weight is 261 g/mol. The summed E-state index contributed by atoms with van der Waals surface area (Å²) in [5.41, 5.74) is 0.250. The number of alkyl halides is 1. The van der Waals surface area contributed by atoms with Gasteiger partial charge in [0.2, 0.25) is 0 Å². The number of rotatable bonds is 4. The molecule has 0 bridgehead atoms. The van der Waals surface area contributed by atoms with Crippen LogP contribution in [-0.4, -0.2) is 35.3 Å². The molecule has 0 saturated carbocycles. The first-order chi connectivity index (χ1) is 6.72. The molecule has 0 saturated heterocycles. The lowest BCUT2D eigenvalue weighted by molar-refractivity contribution is 0.101. The number of ketones is 1. The standard InChI is InChI=1S/C8H9BrN2O3/c1-13-7-8(14-2)11-5(4-10-7)6(12)3-9/h4H,3H2,1-2H3. The summed E-state index contributed by atoms with van der Waals surface area (Å²) in [6.07, 6.45) is 1.35. The smallest absolute Gasteiger partial charge is 0.278 e. The summed E-state index contributed by atoms with van der Waals surface area (Å²) in [7, 11) is 2.90. The highest BCUT2D eigenvalue weighted by molar-refractivity contribution is 9.09. The molecule has 0 spiro atoms. The number of aromatic nitrogens is 2. The predicted octanol–water partition coefficient (Wildman–Crippen LogP) is 1.07. The molecule has 1 aromatic rings. The molecule has 14 heavy (non-hydrogen) atoms. The fraction of sp³-hybridized carbons (Fsp3) is 0.375. The van der Waals surface area contributed by atoms with Gasteiger partial charge in [-0.2, -0.15) is 0 Å². The summed E-state index contributed by atoms with van der Waals surface area (Å²) in [5, 5.41) is 0.206. The minimum absolute atomic E-state index is 0.154. The Labute approximate surface area is 89.6 Å². The molecule has 0 aliphatic heterocycles. The van der Waals surface area contributed by atoms with Gasteiger partial charge >= 0.3 is 0 Å². The number of halogens is 1. The maximum atomic E-state index is 11.2. The van der Waals surface area contributed by atoms with Crippen LogP contribution in [0.3, 0.4) is 0 Å². The zero-order chi connectivity index (χ0) is 10.6. The van der Waals surface area contributed by atoms with Crippen LogP contribution in [0.4, 0.5) is 0 Å². The Bertz CT molecular complexity index is 343. The number of hydrogen-bond acceptors (Lipinski definition) is 5. The minimum Gasteiger partial charge on any atom is -0.477 e. The maximum absolute atomic E-state index is 11.2. The van der Waals surface area contributed by atoms with Crippen molar-refractivity contribution in [1.29, 1.82) is 0 Å². The van der Waals surface area contributed by atoms with Gasteiger partial charge < -0.3 is 9.47 Å². The summed E-state index contributed by atoms with van der Waals surface area (Å²) in [5.74, 6) is 0.316. The molecule has 5 nitrogen and oxygen atoms in total. The average Bonchev–Trinajstić information content (AvgIpc) is 2.26. The number of Topliss-reactive ketones (excluding diaryl/α,β-unsaturated/α-hetero) is 1. The van der Waals surface area contributed by atoms with Crippen LogP contribution in [0.2, 0.25) is 0 Å². The number of methoxy groups -OCH3 is 2. The van der Waals surface area contributed by atoms with Gasteiger partial charge in [-0.1, -0.05) is 15.9 Å². The van der Waals surface area contributed by atoms with Crippen LogP contribution in [0.5, 0.6) is 11.8 Å². The van der Waals surface area contributed by atoms with Crippen molar-refractivity contribution in [2.24, 2.45) is 0 Å². The molecular formula is C8H9BrN2O3. The van der Waals surface area contributed by atoms with Crippen molar-refractivity contribution >= 4 is 21.7 Å². The number of nitrogens with zero attached hydrogens (tertiary/aromatic N) is 2. The lowest BCUT2D eigenvalue weighted by Crippen LogP contribution is -2.06. The van der Waals surface area contributed by atoms with Crippen LogP contribution in [0.25, 0.3) is 0 Å². The van der Waals surface area contributed by atoms with E-state index in [1.807, 2.05) is 0 Å². The lowest BCUT2D eigenvalue weighted by atomic mass is 10.3. The van der Waals surface area contributed by atoms with E-state index >= 15 is 0 Å². The zero-order valence-corrected chi connectivity index (χ0v) is 9.37. The van der Waals surface area contributed by atoms with Gasteiger partial charge in [0.15, 0.2) is 5.78 Å². The van der Waals surface area contributed by atoms with Gasteiger partial charge in [0.1, 0.15) is 5.69 Å². The normalized spacial score (nSPS) is 9.64. The van der Waals surface area contributed by atoms with Crippen LogP contribution in [0, 0.1) is 0 Å². The molecule has 0 radical (unpaired) electrons. The highest BCUT2D eigenvalue weighted by atomic mass is 79.9. The quantitative estimate of drug-likeness (QED) is 0.599. The first kappa shape index (κ1) is 10.9. The number of carbonyl (C=O) groups is 1. The highest BCUT2D eigenvalue weighted by Gasteiger charge is 2.12. The van der Waals surface area contributed by atoms with Crippen LogP contribution in [-0.2, 0) is 0 Å². The number of hydrogen-bond donors (Lipinski definition) is 0. The summed E-state index contributed by atoms with van der Waals surface area (Å²) >= 11 is 3.04. The van der Waals surface area contributed by atoms with Gasteiger partial charge in [-0.3, -0.25) is 4.79 Å². The van der Waals surface area contributed by atoms with Gasteiger partial charge in [-0.25, -0.2) is 9.97 Å². The Morgan fingerprint density at radius 1 is 1.43 bits per heavy atom. The third-order valence-electron chi connectivity index (χ3n) is 1.50. The SMILES string of the molecule is COc1ncc(C(=O)CBr)nc1OC. The largest absolute Gasteiger partial charge is 0.477 e. The first-order valence-electron chi connectivity index (χ1n) is 3.77. The number of carbonyl (C=O) groups excluding carboxylic acids is 1. The molecule has 76 valence electrons. The van der Waals surface area contributed by atoms with Crippen LogP contribution in [0.15, 0.2) is 6.20 Å². The molecule has 0 unspecified atom stereocenters. The van der Waals surface area contributed by atoms with Gasteiger partial charge in [-0.15, -0.1) is 0 Å². The van der Waals surface area contributed by atoms with Crippen molar-refractivity contribution in [3.63, 3.8) is 0 Å². The van der Waals surface area contributed by atoms with Crippen LogP contribution in [0.1, 0.15) is 10.5 Å². The van der Waals surface area contributed by atoms with Crippen molar-refractivity contribution in [1.82, 2.24) is 9.97 Å².